The van der Waals surface area contributed by atoms with Gasteiger partial charge in [0.2, 0.25) is 6.79 Å². The summed E-state index contributed by atoms with van der Waals surface area (Å²) in [4.78, 5) is 12.6. The predicted molar refractivity (Wildman–Crippen MR) is 115 cm³/mol. The number of benzene rings is 3. The fraction of sp³-hybridized carbons (Fsp3) is 0.136. The molecule has 0 saturated heterocycles. The minimum absolute atomic E-state index is 0.0476. The fourth-order valence-corrected chi connectivity index (χ4v) is 4.35. The molecule has 0 radical (unpaired) electrons. The molecule has 3 aromatic rings. The second-order valence-corrected chi connectivity index (χ2v) is 8.69. The molecular weight excluding hydrogens is 436 g/mol. The van der Waals surface area contributed by atoms with Gasteiger partial charge in [0, 0.05) is 29.1 Å². The number of anilines is 2. The van der Waals surface area contributed by atoms with Crippen LogP contribution in [0.1, 0.15) is 10.4 Å². The molecule has 0 fully saturated rings. The molecule has 0 bridgehead atoms. The van der Waals surface area contributed by atoms with Crippen molar-refractivity contribution < 1.29 is 32.2 Å². The number of ether oxygens (including phenoxy) is 4. The van der Waals surface area contributed by atoms with E-state index < -0.39 is 10.0 Å². The molecular formula is C22H18N2O7S. The van der Waals surface area contributed by atoms with Crippen LogP contribution in [0.25, 0.3) is 0 Å². The van der Waals surface area contributed by atoms with E-state index in [2.05, 4.69) is 10.0 Å². The Balaban J connectivity index is 1.27. The Hall–Kier alpha value is -3.92. The Morgan fingerprint density at radius 2 is 1.34 bits per heavy atom. The second kappa shape index (κ2) is 7.97. The van der Waals surface area contributed by atoms with E-state index in [-0.39, 0.29) is 17.6 Å². The normalized spacial score (nSPS) is 14.0. The average molecular weight is 454 g/mol. The van der Waals surface area contributed by atoms with Gasteiger partial charge in [-0.25, -0.2) is 8.42 Å². The van der Waals surface area contributed by atoms with Crippen molar-refractivity contribution in [3.8, 4) is 23.0 Å². The minimum atomic E-state index is -3.85. The van der Waals surface area contributed by atoms with Crippen LogP contribution in [0.3, 0.4) is 0 Å². The number of carbonyl (C=O) groups excluding carboxylic acids is 1. The van der Waals surface area contributed by atoms with Crippen LogP contribution in [0.2, 0.25) is 0 Å². The van der Waals surface area contributed by atoms with E-state index in [9.17, 15) is 13.2 Å². The highest BCUT2D eigenvalue weighted by atomic mass is 32.2. The largest absolute Gasteiger partial charge is 0.486 e. The topological polar surface area (TPSA) is 112 Å². The van der Waals surface area contributed by atoms with Crippen LogP contribution in [-0.4, -0.2) is 34.3 Å². The lowest BCUT2D eigenvalue weighted by molar-refractivity contribution is 0.102. The molecule has 3 aromatic carbocycles. The molecule has 0 unspecified atom stereocenters. The van der Waals surface area contributed by atoms with Gasteiger partial charge in [-0.1, -0.05) is 0 Å². The van der Waals surface area contributed by atoms with Crippen LogP contribution in [0, 0.1) is 0 Å². The Kier molecular flexibility index (Phi) is 4.98. The Morgan fingerprint density at radius 3 is 2.16 bits per heavy atom. The third kappa shape index (κ3) is 4.00. The van der Waals surface area contributed by atoms with Gasteiger partial charge in [-0.15, -0.1) is 0 Å². The van der Waals surface area contributed by atoms with Gasteiger partial charge in [-0.3, -0.25) is 9.52 Å². The number of hydrogen-bond acceptors (Lipinski definition) is 7. The van der Waals surface area contributed by atoms with Crippen molar-refractivity contribution in [3.05, 3.63) is 66.2 Å². The summed E-state index contributed by atoms with van der Waals surface area (Å²) in [5.74, 6) is 1.73. The first-order valence-corrected chi connectivity index (χ1v) is 11.2. The Morgan fingerprint density at radius 1 is 0.719 bits per heavy atom. The van der Waals surface area contributed by atoms with Gasteiger partial charge in [-0.05, 0) is 48.5 Å². The van der Waals surface area contributed by atoms with Gasteiger partial charge in [0.05, 0.1) is 4.90 Å². The average Bonchev–Trinajstić information content (AvgIpc) is 3.27. The van der Waals surface area contributed by atoms with Gasteiger partial charge in [0.1, 0.15) is 13.2 Å². The molecule has 9 nitrogen and oxygen atoms in total. The maximum absolute atomic E-state index is 12.7. The number of carbonyl (C=O) groups is 1. The molecule has 32 heavy (non-hydrogen) atoms. The number of hydrogen-bond donors (Lipinski definition) is 2. The van der Waals surface area contributed by atoms with Gasteiger partial charge in [0.15, 0.2) is 23.0 Å². The van der Waals surface area contributed by atoms with Crippen molar-refractivity contribution in [1.82, 2.24) is 0 Å². The number of sulfonamides is 1. The lowest BCUT2D eigenvalue weighted by atomic mass is 10.2. The summed E-state index contributed by atoms with van der Waals surface area (Å²) >= 11 is 0. The summed E-state index contributed by atoms with van der Waals surface area (Å²) in [5, 5.41) is 2.77. The first kappa shape index (κ1) is 20.0. The molecule has 0 aliphatic carbocycles. The van der Waals surface area contributed by atoms with Crippen LogP contribution >= 0.6 is 0 Å². The monoisotopic (exact) mass is 454 g/mol. The lowest BCUT2D eigenvalue weighted by Gasteiger charge is -2.19. The fourth-order valence-electron chi connectivity index (χ4n) is 3.27. The van der Waals surface area contributed by atoms with Crippen molar-refractivity contribution in [1.29, 1.82) is 0 Å². The maximum Gasteiger partial charge on any atom is 0.262 e. The molecule has 0 saturated carbocycles. The van der Waals surface area contributed by atoms with E-state index in [0.29, 0.717) is 53.2 Å². The second-order valence-electron chi connectivity index (χ2n) is 7.01. The van der Waals surface area contributed by atoms with Crippen molar-refractivity contribution >= 4 is 27.3 Å². The van der Waals surface area contributed by atoms with E-state index in [0.717, 1.165) is 0 Å². The van der Waals surface area contributed by atoms with Crippen LogP contribution in [0.5, 0.6) is 23.0 Å². The third-order valence-electron chi connectivity index (χ3n) is 4.85. The van der Waals surface area contributed by atoms with Crippen LogP contribution in [-0.2, 0) is 10.0 Å². The van der Waals surface area contributed by atoms with Crippen molar-refractivity contribution in [3.63, 3.8) is 0 Å². The van der Waals surface area contributed by atoms with Crippen LogP contribution in [0.4, 0.5) is 11.4 Å². The molecule has 2 heterocycles. The lowest BCUT2D eigenvalue weighted by Crippen LogP contribution is -2.17. The molecule has 5 rings (SSSR count). The van der Waals surface area contributed by atoms with Crippen LogP contribution < -0.4 is 29.0 Å². The smallest absolute Gasteiger partial charge is 0.262 e. The molecule has 0 spiro atoms. The van der Waals surface area contributed by atoms with Gasteiger partial charge < -0.3 is 24.3 Å². The highest BCUT2D eigenvalue weighted by molar-refractivity contribution is 7.92. The quantitative estimate of drug-likeness (QED) is 0.609. The Labute approximate surface area is 183 Å². The number of amides is 1. The summed E-state index contributed by atoms with van der Waals surface area (Å²) < 4.78 is 49.4. The highest BCUT2D eigenvalue weighted by Gasteiger charge is 2.20. The zero-order chi connectivity index (χ0) is 22.1. The summed E-state index contributed by atoms with van der Waals surface area (Å²) in [5.41, 5.74) is 1.24. The summed E-state index contributed by atoms with van der Waals surface area (Å²) in [6.45, 7) is 0.933. The van der Waals surface area contributed by atoms with Gasteiger partial charge in [-0.2, -0.15) is 0 Å². The Bertz CT molecular complexity index is 1290. The number of nitrogens with one attached hydrogen (secondary N) is 2. The maximum atomic E-state index is 12.7. The van der Waals surface area contributed by atoms with E-state index >= 15 is 0 Å². The highest BCUT2D eigenvalue weighted by Crippen LogP contribution is 2.35. The predicted octanol–water partition coefficient (Wildman–Crippen LogP) is 3.24. The third-order valence-corrected chi connectivity index (χ3v) is 6.23. The van der Waals surface area contributed by atoms with E-state index in [4.69, 9.17) is 18.9 Å². The summed E-state index contributed by atoms with van der Waals surface area (Å²) in [6.07, 6.45) is 0. The first-order chi connectivity index (χ1) is 15.5. The molecule has 10 heteroatoms. The van der Waals surface area contributed by atoms with E-state index in [1.165, 1.54) is 36.4 Å². The SMILES string of the molecule is O=C(Nc1ccc2c(c1)OCO2)c1ccc(NS(=O)(=O)c2ccc3c(c2)OCCO3)cc1. The van der Waals surface area contributed by atoms with Crippen LogP contribution in [0.15, 0.2) is 65.6 Å². The van der Waals surface area contributed by atoms with E-state index in [1.807, 2.05) is 0 Å². The molecule has 2 aliphatic heterocycles. The zero-order valence-corrected chi connectivity index (χ0v) is 17.5. The number of rotatable bonds is 5. The molecule has 0 atom stereocenters. The molecule has 2 aliphatic rings. The molecule has 164 valence electrons. The standard InChI is InChI=1S/C22H18N2O7S/c25-22(23-16-5-7-19-20(11-16)31-13-30-19)14-1-3-15(4-2-14)24-32(26,27)17-6-8-18-21(12-17)29-10-9-28-18/h1-8,11-12,24H,9-10,13H2,(H,23,25). The van der Waals surface area contributed by atoms with Crippen molar-refractivity contribution in [2.24, 2.45) is 0 Å². The summed E-state index contributed by atoms with van der Waals surface area (Å²) in [7, 11) is -3.85. The zero-order valence-electron chi connectivity index (χ0n) is 16.7. The van der Waals surface area contributed by atoms with Crippen molar-refractivity contribution in [2.45, 2.75) is 4.90 Å². The molecule has 2 N–H and O–H groups in total. The molecule has 1 amide bonds. The first-order valence-electron chi connectivity index (χ1n) is 9.71. The molecule has 0 aromatic heterocycles. The summed E-state index contributed by atoms with van der Waals surface area (Å²) in [6, 6.07) is 15.6. The van der Waals surface area contributed by atoms with E-state index in [1.54, 1.807) is 24.3 Å². The number of fused-ring (bicyclic) bond motifs is 2. The van der Waals surface area contributed by atoms with Gasteiger partial charge in [0.25, 0.3) is 15.9 Å². The minimum Gasteiger partial charge on any atom is -0.486 e. The van der Waals surface area contributed by atoms with Crippen molar-refractivity contribution in [2.75, 3.05) is 30.0 Å². The van der Waals surface area contributed by atoms with Gasteiger partial charge >= 0.3 is 0 Å².